The van der Waals surface area contributed by atoms with Crippen LogP contribution >= 0.6 is 27.3 Å². The number of nitrogens with zero attached hydrogens (tertiary/aromatic N) is 1. The Morgan fingerprint density at radius 3 is 2.85 bits per heavy atom. The van der Waals surface area contributed by atoms with E-state index in [-0.39, 0.29) is 0 Å². The molecule has 0 atom stereocenters. The molecule has 0 fully saturated rings. The largest absolute Gasteiger partial charge is 0.492 e. The van der Waals surface area contributed by atoms with Crippen molar-refractivity contribution >= 4 is 33.0 Å². The third kappa shape index (κ3) is 4.81. The lowest BCUT2D eigenvalue weighted by atomic mass is 10.3. The van der Waals surface area contributed by atoms with E-state index in [0.29, 0.717) is 6.61 Å². The molecule has 0 unspecified atom stereocenters. The Balaban J connectivity index is 1.87. The van der Waals surface area contributed by atoms with Gasteiger partial charge in [0.2, 0.25) is 0 Å². The van der Waals surface area contributed by atoms with E-state index < -0.39 is 0 Å². The van der Waals surface area contributed by atoms with Gasteiger partial charge < -0.3 is 15.0 Å². The van der Waals surface area contributed by atoms with Gasteiger partial charge in [0, 0.05) is 27.6 Å². The minimum Gasteiger partial charge on any atom is -0.492 e. The van der Waals surface area contributed by atoms with Crippen LogP contribution < -0.4 is 10.1 Å². The van der Waals surface area contributed by atoms with Crippen LogP contribution in [0.2, 0.25) is 0 Å². The van der Waals surface area contributed by atoms with Crippen molar-refractivity contribution in [3.05, 3.63) is 45.1 Å². The summed E-state index contributed by atoms with van der Waals surface area (Å²) in [6, 6.07) is 10.2. The van der Waals surface area contributed by atoms with Crippen molar-refractivity contribution in [3.8, 4) is 5.75 Å². The molecule has 1 aromatic carbocycles. The maximum atomic E-state index is 5.73. The maximum absolute atomic E-state index is 5.73. The molecule has 0 radical (unpaired) electrons. The monoisotopic (exact) mass is 354 g/mol. The lowest BCUT2D eigenvalue weighted by molar-refractivity contribution is 0.261. The van der Waals surface area contributed by atoms with Gasteiger partial charge in [-0.25, -0.2) is 0 Å². The second kappa shape index (κ2) is 7.67. The molecule has 1 N–H and O–H groups in total. The highest BCUT2D eigenvalue weighted by Gasteiger charge is 2.02. The number of benzene rings is 1. The van der Waals surface area contributed by atoms with E-state index in [4.69, 9.17) is 4.74 Å². The number of rotatable bonds is 7. The molecule has 20 heavy (non-hydrogen) atoms. The normalized spacial score (nSPS) is 10.8. The Kier molecular flexibility index (Phi) is 5.88. The van der Waals surface area contributed by atoms with Crippen LogP contribution in [0.3, 0.4) is 0 Å². The number of thiophene rings is 1. The molecule has 0 aliphatic heterocycles. The summed E-state index contributed by atoms with van der Waals surface area (Å²) in [7, 11) is 4.08. The fourth-order valence-electron chi connectivity index (χ4n) is 1.68. The molecule has 0 bridgehead atoms. The van der Waals surface area contributed by atoms with Crippen molar-refractivity contribution in [2.24, 2.45) is 0 Å². The number of hydrogen-bond acceptors (Lipinski definition) is 4. The number of halogens is 1. The molecule has 0 spiro atoms. The lowest BCUT2D eigenvalue weighted by Gasteiger charge is -2.12. The van der Waals surface area contributed by atoms with Crippen molar-refractivity contribution in [2.75, 3.05) is 32.6 Å². The van der Waals surface area contributed by atoms with Crippen LogP contribution in [0, 0.1) is 0 Å². The third-order valence-corrected chi connectivity index (χ3v) is 4.71. The molecule has 1 aromatic heterocycles. The van der Waals surface area contributed by atoms with Crippen LogP contribution in [0.4, 0.5) is 5.69 Å². The minimum absolute atomic E-state index is 0.701. The zero-order valence-electron chi connectivity index (χ0n) is 11.7. The quantitative estimate of drug-likeness (QED) is 0.811. The van der Waals surface area contributed by atoms with Crippen molar-refractivity contribution in [2.45, 2.75) is 6.54 Å². The highest BCUT2D eigenvalue weighted by atomic mass is 79.9. The van der Waals surface area contributed by atoms with E-state index in [0.717, 1.165) is 29.0 Å². The second-order valence-electron chi connectivity index (χ2n) is 4.72. The van der Waals surface area contributed by atoms with E-state index in [1.54, 1.807) is 11.3 Å². The molecular formula is C15H19BrN2OS. The van der Waals surface area contributed by atoms with Crippen molar-refractivity contribution < 1.29 is 4.74 Å². The average Bonchev–Trinajstić information content (AvgIpc) is 2.82. The summed E-state index contributed by atoms with van der Waals surface area (Å²) in [5.74, 6) is 0.905. The number of ether oxygens (including phenoxy) is 1. The molecule has 2 aromatic rings. The first-order chi connectivity index (χ1) is 9.65. The molecule has 3 nitrogen and oxygen atoms in total. The van der Waals surface area contributed by atoms with E-state index in [2.05, 4.69) is 43.7 Å². The topological polar surface area (TPSA) is 24.5 Å². The summed E-state index contributed by atoms with van der Waals surface area (Å²) in [5, 5.41) is 5.50. The maximum Gasteiger partial charge on any atom is 0.121 e. The number of anilines is 1. The van der Waals surface area contributed by atoms with Gasteiger partial charge in [-0.3, -0.25) is 0 Å². The lowest BCUT2D eigenvalue weighted by Crippen LogP contribution is -2.19. The molecule has 0 amide bonds. The molecule has 0 saturated carbocycles. The minimum atomic E-state index is 0.701. The SMILES string of the molecule is CN(C)CCOc1cccc(NCc2sccc2Br)c1. The average molecular weight is 355 g/mol. The number of nitrogens with one attached hydrogen (secondary N) is 1. The van der Waals surface area contributed by atoms with Crippen LogP contribution in [0.5, 0.6) is 5.75 Å². The molecular weight excluding hydrogens is 336 g/mol. The summed E-state index contributed by atoms with van der Waals surface area (Å²) < 4.78 is 6.89. The Morgan fingerprint density at radius 2 is 2.15 bits per heavy atom. The van der Waals surface area contributed by atoms with E-state index in [9.17, 15) is 0 Å². The van der Waals surface area contributed by atoms with Gasteiger partial charge in [-0.2, -0.15) is 0 Å². The predicted molar refractivity (Wildman–Crippen MR) is 89.8 cm³/mol. The standard InChI is InChI=1S/C15H19BrN2OS/c1-18(2)7-8-19-13-5-3-4-12(10-13)17-11-15-14(16)6-9-20-15/h3-6,9-10,17H,7-8,11H2,1-2H3. The summed E-state index contributed by atoms with van der Waals surface area (Å²) in [6.07, 6.45) is 0. The third-order valence-electron chi connectivity index (χ3n) is 2.79. The van der Waals surface area contributed by atoms with Gasteiger partial charge in [0.15, 0.2) is 0 Å². The van der Waals surface area contributed by atoms with E-state index in [1.807, 2.05) is 32.3 Å². The van der Waals surface area contributed by atoms with Crippen LogP contribution in [0.1, 0.15) is 4.88 Å². The molecule has 5 heteroatoms. The van der Waals surface area contributed by atoms with Crippen LogP contribution in [-0.2, 0) is 6.54 Å². The van der Waals surface area contributed by atoms with E-state index in [1.165, 1.54) is 4.88 Å². The van der Waals surface area contributed by atoms with Crippen molar-refractivity contribution in [1.82, 2.24) is 4.90 Å². The van der Waals surface area contributed by atoms with Gasteiger partial charge in [-0.05, 0) is 53.6 Å². The molecule has 0 saturated heterocycles. The first-order valence-corrected chi connectivity index (χ1v) is 8.16. The van der Waals surface area contributed by atoms with Gasteiger partial charge in [0.25, 0.3) is 0 Å². The zero-order valence-corrected chi connectivity index (χ0v) is 14.1. The predicted octanol–water partition coefficient (Wildman–Crippen LogP) is 4.06. The Labute approximate surface area is 132 Å². The fraction of sp³-hybridized carbons (Fsp3) is 0.333. The molecule has 108 valence electrons. The first kappa shape index (κ1) is 15.4. The zero-order chi connectivity index (χ0) is 14.4. The fourth-order valence-corrected chi connectivity index (χ4v) is 3.11. The summed E-state index contributed by atoms with van der Waals surface area (Å²) >= 11 is 5.29. The van der Waals surface area contributed by atoms with Crippen LogP contribution in [-0.4, -0.2) is 32.1 Å². The van der Waals surface area contributed by atoms with Gasteiger partial charge in [-0.1, -0.05) is 6.07 Å². The van der Waals surface area contributed by atoms with Crippen molar-refractivity contribution in [3.63, 3.8) is 0 Å². The Bertz CT molecular complexity index is 542. The molecule has 0 aliphatic carbocycles. The smallest absolute Gasteiger partial charge is 0.121 e. The van der Waals surface area contributed by atoms with Crippen LogP contribution in [0.25, 0.3) is 0 Å². The Morgan fingerprint density at radius 1 is 1.30 bits per heavy atom. The summed E-state index contributed by atoms with van der Waals surface area (Å²) in [5.41, 5.74) is 1.08. The van der Waals surface area contributed by atoms with Gasteiger partial charge >= 0.3 is 0 Å². The Hall–Kier alpha value is -1.04. The van der Waals surface area contributed by atoms with Gasteiger partial charge in [-0.15, -0.1) is 11.3 Å². The van der Waals surface area contributed by atoms with E-state index >= 15 is 0 Å². The number of hydrogen-bond donors (Lipinski definition) is 1. The molecule has 0 aliphatic rings. The van der Waals surface area contributed by atoms with Crippen LogP contribution in [0.15, 0.2) is 40.2 Å². The highest BCUT2D eigenvalue weighted by Crippen LogP contribution is 2.24. The second-order valence-corrected chi connectivity index (χ2v) is 6.58. The number of likely N-dealkylation sites (N-methyl/N-ethyl adjacent to an activating group) is 1. The summed E-state index contributed by atoms with van der Waals surface area (Å²) in [6.45, 7) is 2.44. The van der Waals surface area contributed by atoms with Gasteiger partial charge in [0.05, 0.1) is 6.54 Å². The molecule has 2 rings (SSSR count). The van der Waals surface area contributed by atoms with Gasteiger partial charge in [0.1, 0.15) is 12.4 Å². The first-order valence-electron chi connectivity index (χ1n) is 6.48. The summed E-state index contributed by atoms with van der Waals surface area (Å²) in [4.78, 5) is 3.40. The van der Waals surface area contributed by atoms with Crippen molar-refractivity contribution in [1.29, 1.82) is 0 Å². The highest BCUT2D eigenvalue weighted by molar-refractivity contribution is 9.10. The molecule has 1 heterocycles.